The molecular formula is C13H21N3O5S. The predicted molar refractivity (Wildman–Crippen MR) is 78.7 cm³/mol. The van der Waals surface area contributed by atoms with Crippen molar-refractivity contribution in [2.45, 2.75) is 18.9 Å². The first-order valence-corrected chi connectivity index (χ1v) is 9.08. The van der Waals surface area contributed by atoms with Gasteiger partial charge < -0.3 is 14.7 Å². The van der Waals surface area contributed by atoms with E-state index in [1.807, 2.05) is 0 Å². The van der Waals surface area contributed by atoms with Crippen LogP contribution in [0.25, 0.3) is 0 Å². The number of sulfone groups is 1. The van der Waals surface area contributed by atoms with Crippen molar-refractivity contribution in [3.05, 3.63) is 0 Å². The summed E-state index contributed by atoms with van der Waals surface area (Å²) >= 11 is 0. The molecule has 2 aliphatic rings. The summed E-state index contributed by atoms with van der Waals surface area (Å²) in [5.41, 5.74) is 0. The molecule has 2 heterocycles. The Morgan fingerprint density at radius 3 is 2.36 bits per heavy atom. The average molecular weight is 331 g/mol. The lowest BCUT2D eigenvalue weighted by atomic mass is 10.2. The standard InChI is InChI=1S/C13H21N3O5S/c1-14(11-2-7-22(20,21)9-11)12(18)8-13(19)16-5-3-15(10-17)4-6-16/h10-11H,2-9H2,1H3. The van der Waals surface area contributed by atoms with E-state index in [1.165, 1.54) is 4.90 Å². The zero-order valence-corrected chi connectivity index (χ0v) is 13.4. The third-order valence-corrected chi connectivity index (χ3v) is 6.02. The van der Waals surface area contributed by atoms with E-state index in [-0.39, 0.29) is 35.8 Å². The Bertz CT molecular complexity index is 554. The van der Waals surface area contributed by atoms with Gasteiger partial charge >= 0.3 is 0 Å². The smallest absolute Gasteiger partial charge is 0.232 e. The minimum absolute atomic E-state index is 0.0263. The van der Waals surface area contributed by atoms with Gasteiger partial charge in [-0.3, -0.25) is 14.4 Å². The molecule has 0 aromatic heterocycles. The summed E-state index contributed by atoms with van der Waals surface area (Å²) in [6, 6.07) is -0.336. The maximum Gasteiger partial charge on any atom is 0.232 e. The fraction of sp³-hybridized carbons (Fsp3) is 0.769. The van der Waals surface area contributed by atoms with E-state index in [4.69, 9.17) is 0 Å². The maximum absolute atomic E-state index is 12.1. The van der Waals surface area contributed by atoms with Crippen LogP contribution in [-0.4, -0.2) is 92.1 Å². The molecule has 1 atom stereocenters. The van der Waals surface area contributed by atoms with Crippen LogP contribution in [0.15, 0.2) is 0 Å². The van der Waals surface area contributed by atoms with Crippen LogP contribution in [0.4, 0.5) is 0 Å². The van der Waals surface area contributed by atoms with Crippen LogP contribution in [0.3, 0.4) is 0 Å². The summed E-state index contributed by atoms with van der Waals surface area (Å²) in [5.74, 6) is -0.564. The molecule has 0 N–H and O–H groups in total. The molecule has 0 aromatic rings. The monoisotopic (exact) mass is 331 g/mol. The molecule has 2 fully saturated rings. The summed E-state index contributed by atoms with van der Waals surface area (Å²) in [6.07, 6.45) is 0.923. The zero-order chi connectivity index (χ0) is 16.3. The second-order valence-electron chi connectivity index (χ2n) is 5.76. The highest BCUT2D eigenvalue weighted by Crippen LogP contribution is 2.17. The Kier molecular flexibility index (Phi) is 5.05. The van der Waals surface area contributed by atoms with Gasteiger partial charge in [0.25, 0.3) is 0 Å². The largest absolute Gasteiger partial charge is 0.342 e. The van der Waals surface area contributed by atoms with Gasteiger partial charge in [0, 0.05) is 39.3 Å². The molecule has 0 aliphatic carbocycles. The number of rotatable bonds is 4. The van der Waals surface area contributed by atoms with Gasteiger partial charge in [0.05, 0.1) is 11.5 Å². The second-order valence-corrected chi connectivity index (χ2v) is 7.99. The van der Waals surface area contributed by atoms with Crippen LogP contribution < -0.4 is 0 Å². The van der Waals surface area contributed by atoms with Crippen molar-refractivity contribution in [1.82, 2.24) is 14.7 Å². The van der Waals surface area contributed by atoms with Crippen LogP contribution in [0.2, 0.25) is 0 Å². The minimum Gasteiger partial charge on any atom is -0.342 e. The lowest BCUT2D eigenvalue weighted by Crippen LogP contribution is -2.49. The number of piperazine rings is 1. The third-order valence-electron chi connectivity index (χ3n) is 4.27. The van der Waals surface area contributed by atoms with Crippen LogP contribution in [0, 0.1) is 0 Å². The van der Waals surface area contributed by atoms with Crippen molar-refractivity contribution in [2.75, 3.05) is 44.7 Å². The van der Waals surface area contributed by atoms with Crippen LogP contribution in [-0.2, 0) is 24.2 Å². The maximum atomic E-state index is 12.1. The molecule has 2 rings (SSSR count). The lowest BCUT2D eigenvalue weighted by Gasteiger charge is -2.33. The van der Waals surface area contributed by atoms with E-state index in [2.05, 4.69) is 0 Å². The minimum atomic E-state index is -3.06. The average Bonchev–Trinajstić information content (AvgIpc) is 2.86. The Morgan fingerprint density at radius 1 is 1.23 bits per heavy atom. The summed E-state index contributed by atoms with van der Waals surface area (Å²) in [7, 11) is -1.51. The molecule has 124 valence electrons. The summed E-state index contributed by atoms with van der Waals surface area (Å²) in [4.78, 5) is 39.4. The first-order chi connectivity index (χ1) is 10.3. The number of hydrogen-bond acceptors (Lipinski definition) is 5. The summed E-state index contributed by atoms with van der Waals surface area (Å²) in [6.45, 7) is 1.79. The summed E-state index contributed by atoms with van der Waals surface area (Å²) < 4.78 is 22.9. The van der Waals surface area contributed by atoms with Crippen molar-refractivity contribution in [2.24, 2.45) is 0 Å². The third kappa shape index (κ3) is 3.96. The molecule has 9 heteroatoms. The van der Waals surface area contributed by atoms with Crippen LogP contribution >= 0.6 is 0 Å². The van der Waals surface area contributed by atoms with Gasteiger partial charge in [0.15, 0.2) is 9.84 Å². The van der Waals surface area contributed by atoms with E-state index in [0.717, 1.165) is 6.41 Å². The fourth-order valence-corrected chi connectivity index (χ4v) is 4.50. The molecule has 0 aromatic carbocycles. The molecule has 0 bridgehead atoms. The van der Waals surface area contributed by atoms with Gasteiger partial charge in [-0.05, 0) is 6.42 Å². The fourth-order valence-electron chi connectivity index (χ4n) is 2.73. The molecule has 0 spiro atoms. The Morgan fingerprint density at radius 2 is 1.86 bits per heavy atom. The highest BCUT2D eigenvalue weighted by atomic mass is 32.2. The first kappa shape index (κ1) is 16.7. The molecule has 3 amide bonds. The number of carbonyl (C=O) groups excluding carboxylic acids is 3. The first-order valence-electron chi connectivity index (χ1n) is 7.25. The number of nitrogens with zero attached hydrogens (tertiary/aromatic N) is 3. The molecule has 8 nitrogen and oxygen atoms in total. The van der Waals surface area contributed by atoms with Gasteiger partial charge in [-0.2, -0.15) is 0 Å². The zero-order valence-electron chi connectivity index (χ0n) is 12.6. The quantitative estimate of drug-likeness (QED) is 0.453. The number of carbonyl (C=O) groups is 3. The van der Waals surface area contributed by atoms with Gasteiger partial charge in [0.2, 0.25) is 18.2 Å². The Hall–Kier alpha value is -1.64. The number of hydrogen-bond donors (Lipinski definition) is 0. The van der Waals surface area contributed by atoms with Crippen molar-refractivity contribution >= 4 is 28.1 Å². The van der Waals surface area contributed by atoms with Crippen molar-refractivity contribution < 1.29 is 22.8 Å². The molecule has 22 heavy (non-hydrogen) atoms. The van der Waals surface area contributed by atoms with Crippen molar-refractivity contribution in [3.63, 3.8) is 0 Å². The Labute approximate surface area is 129 Å². The molecule has 0 radical (unpaired) electrons. The molecular weight excluding hydrogens is 310 g/mol. The summed E-state index contributed by atoms with van der Waals surface area (Å²) in [5, 5.41) is 0. The highest BCUT2D eigenvalue weighted by Gasteiger charge is 2.33. The molecule has 2 aliphatic heterocycles. The molecule has 0 saturated carbocycles. The van der Waals surface area contributed by atoms with E-state index < -0.39 is 9.84 Å². The van der Waals surface area contributed by atoms with E-state index in [1.54, 1.807) is 16.8 Å². The van der Waals surface area contributed by atoms with Gasteiger partial charge in [-0.15, -0.1) is 0 Å². The van der Waals surface area contributed by atoms with Crippen molar-refractivity contribution in [3.8, 4) is 0 Å². The molecule has 2 saturated heterocycles. The van der Waals surface area contributed by atoms with E-state index in [0.29, 0.717) is 32.6 Å². The van der Waals surface area contributed by atoms with E-state index >= 15 is 0 Å². The van der Waals surface area contributed by atoms with Gasteiger partial charge in [-0.1, -0.05) is 0 Å². The van der Waals surface area contributed by atoms with Crippen molar-refractivity contribution in [1.29, 1.82) is 0 Å². The number of amides is 3. The SMILES string of the molecule is CN(C(=O)CC(=O)N1CCN(C=O)CC1)C1CCS(=O)(=O)C1. The van der Waals surface area contributed by atoms with Gasteiger partial charge in [0.1, 0.15) is 6.42 Å². The Balaban J connectivity index is 1.84. The second kappa shape index (κ2) is 6.64. The van der Waals surface area contributed by atoms with Crippen LogP contribution in [0.1, 0.15) is 12.8 Å². The molecule has 1 unspecified atom stereocenters. The normalized spacial score (nSPS) is 24.1. The topological polar surface area (TPSA) is 95.1 Å². The van der Waals surface area contributed by atoms with Crippen LogP contribution in [0.5, 0.6) is 0 Å². The lowest BCUT2D eigenvalue weighted by molar-refractivity contribution is -0.142. The van der Waals surface area contributed by atoms with Gasteiger partial charge in [-0.25, -0.2) is 8.42 Å². The van der Waals surface area contributed by atoms with E-state index in [9.17, 15) is 22.8 Å². The predicted octanol–water partition coefficient (Wildman–Crippen LogP) is -1.68. The highest BCUT2D eigenvalue weighted by molar-refractivity contribution is 7.91.